The zero-order valence-corrected chi connectivity index (χ0v) is 35.4. The second-order valence-electron chi connectivity index (χ2n) is 17.0. The Morgan fingerprint density at radius 1 is 1.15 bits per heavy atom. The van der Waals surface area contributed by atoms with Crippen LogP contribution >= 0.6 is 11.6 Å². The lowest BCUT2D eigenvalue weighted by atomic mass is 9.85. The Kier molecular flexibility index (Phi) is 12.2. The third-order valence-corrected chi connectivity index (χ3v) is 14.6. The number of sulfonamides is 1. The Morgan fingerprint density at radius 3 is 2.51 bits per heavy atom. The number of amides is 4. The van der Waals surface area contributed by atoms with E-state index in [9.17, 15) is 40.8 Å². The van der Waals surface area contributed by atoms with Crippen molar-refractivity contribution in [2.24, 2.45) is 17.8 Å². The van der Waals surface area contributed by atoms with Crippen molar-refractivity contribution in [3.63, 3.8) is 0 Å². The number of alkyl carbamates (subject to hydrolysis) is 1. The van der Waals surface area contributed by atoms with Crippen LogP contribution in [-0.4, -0.2) is 96.0 Å². The topological polar surface area (TPSA) is 182 Å². The molecule has 0 radical (unpaired) electrons. The van der Waals surface area contributed by atoms with E-state index in [1.54, 1.807) is 31.2 Å². The molecule has 2 aliphatic carbocycles. The maximum absolute atomic E-state index is 14.9. The van der Waals surface area contributed by atoms with Gasteiger partial charge in [0.15, 0.2) is 0 Å². The summed E-state index contributed by atoms with van der Waals surface area (Å²) in [5.41, 5.74) is -4.55. The first-order valence-electron chi connectivity index (χ1n) is 19.8. The van der Waals surface area contributed by atoms with Crippen LogP contribution in [-0.2, 0) is 29.1 Å². The van der Waals surface area contributed by atoms with Gasteiger partial charge in [0.25, 0.3) is 5.91 Å². The smallest absolute Gasteiger partial charge is 0.427 e. The number of rotatable bonds is 9. The number of hydrogen-bond acceptors (Lipinski definition) is 10. The van der Waals surface area contributed by atoms with E-state index in [-0.39, 0.29) is 36.2 Å². The highest BCUT2D eigenvalue weighted by Gasteiger charge is 2.63. The van der Waals surface area contributed by atoms with Crippen LogP contribution in [0.4, 0.5) is 18.0 Å². The third kappa shape index (κ3) is 9.08. The predicted molar refractivity (Wildman–Crippen MR) is 211 cm³/mol. The molecule has 0 bridgehead atoms. The number of ether oxygens (including phenoxy) is 3. The average molecular weight is 870 g/mol. The Labute approximate surface area is 346 Å². The number of fused-ring (bicyclic) bond motifs is 3. The largest absolute Gasteiger partial charge is 0.495 e. The van der Waals surface area contributed by atoms with Gasteiger partial charge in [-0.3, -0.25) is 19.1 Å². The maximum Gasteiger partial charge on any atom is 0.427 e. The Bertz CT molecular complexity index is 2130. The summed E-state index contributed by atoms with van der Waals surface area (Å²) in [7, 11) is -2.62. The van der Waals surface area contributed by atoms with Gasteiger partial charge in [-0.25, -0.2) is 18.2 Å². The number of hydrogen-bond donors (Lipinski definition) is 3. The summed E-state index contributed by atoms with van der Waals surface area (Å²) in [6, 6.07) is 2.23. The van der Waals surface area contributed by atoms with E-state index in [4.69, 9.17) is 25.8 Å². The maximum atomic E-state index is 14.9. The van der Waals surface area contributed by atoms with E-state index in [0.29, 0.717) is 68.9 Å². The zero-order valence-electron chi connectivity index (χ0n) is 33.8. The highest BCUT2D eigenvalue weighted by atomic mass is 35.5. The quantitative estimate of drug-likeness (QED) is 0.255. The van der Waals surface area contributed by atoms with Crippen LogP contribution in [0.1, 0.15) is 86.0 Å². The van der Waals surface area contributed by atoms with Crippen molar-refractivity contribution >= 4 is 56.2 Å². The summed E-state index contributed by atoms with van der Waals surface area (Å²) < 4.78 is 85.5. The van der Waals surface area contributed by atoms with Crippen molar-refractivity contribution in [3.8, 4) is 11.6 Å². The second kappa shape index (κ2) is 16.3. The van der Waals surface area contributed by atoms with Crippen LogP contribution < -0.4 is 24.8 Å². The molecule has 1 unspecified atom stereocenters. The van der Waals surface area contributed by atoms with Crippen molar-refractivity contribution in [2.75, 3.05) is 13.7 Å². The van der Waals surface area contributed by atoms with Gasteiger partial charge in [-0.2, -0.15) is 13.2 Å². The highest BCUT2D eigenvalue weighted by Crippen LogP contribution is 2.48. The molecule has 2 aromatic rings. The summed E-state index contributed by atoms with van der Waals surface area (Å²) in [5, 5.41) is 6.66. The minimum absolute atomic E-state index is 0.0424. The zero-order chi connectivity index (χ0) is 43.3. The fourth-order valence-corrected chi connectivity index (χ4v) is 9.37. The number of carbonyl (C=O) groups excluding carboxylic acids is 4. The molecule has 2 aliphatic heterocycles. The van der Waals surface area contributed by atoms with Gasteiger partial charge in [0.2, 0.25) is 33.3 Å². The van der Waals surface area contributed by atoms with Gasteiger partial charge in [0.05, 0.1) is 23.4 Å². The number of nitrogens with one attached hydrogen (secondary N) is 3. The lowest BCUT2D eigenvalue weighted by molar-refractivity contribution is -0.244. The van der Waals surface area contributed by atoms with Crippen LogP contribution in [0.25, 0.3) is 10.8 Å². The average Bonchev–Trinajstić information content (AvgIpc) is 4.03. The molecule has 1 aromatic heterocycles. The molecule has 6 rings (SSSR count). The SMILES string of the molecule is CC[C@@H]1C[C@H](C)CC/C=C\C2C[C@@]2(C(=O)NS(=O)(=O)C2(C)CC2)NC(=O)[C@@H]2C[C@@H](Oc3nccc4cc(OC)c(Cl)cc34)CN2C(=O)[C@H]1NC(=O)OC(C)(C)C(F)(F)F. The van der Waals surface area contributed by atoms with Gasteiger partial charge in [-0.05, 0) is 94.7 Å². The van der Waals surface area contributed by atoms with E-state index >= 15 is 0 Å². The lowest BCUT2D eigenvalue weighted by Gasteiger charge is -2.35. The van der Waals surface area contributed by atoms with Crippen molar-refractivity contribution in [2.45, 2.75) is 126 Å². The molecule has 2 saturated carbocycles. The minimum atomic E-state index is -4.92. The van der Waals surface area contributed by atoms with Crippen LogP contribution in [0.5, 0.6) is 11.6 Å². The molecule has 1 aromatic carbocycles. The number of alkyl halides is 3. The van der Waals surface area contributed by atoms with Crippen LogP contribution in [0.15, 0.2) is 36.5 Å². The van der Waals surface area contributed by atoms with Crippen molar-refractivity contribution in [1.29, 1.82) is 0 Å². The fraction of sp³-hybridized carbons (Fsp3) is 0.625. The number of benzene rings is 1. The summed E-state index contributed by atoms with van der Waals surface area (Å²) in [6.45, 7) is 6.42. The Morgan fingerprint density at radius 2 is 1.86 bits per heavy atom. The molecule has 59 heavy (non-hydrogen) atoms. The molecular formula is C40H51ClF3N5O9S. The molecule has 324 valence electrons. The van der Waals surface area contributed by atoms with E-state index in [1.165, 1.54) is 25.1 Å². The number of carbonyl (C=O) groups is 4. The monoisotopic (exact) mass is 869 g/mol. The normalized spacial score (nSPS) is 29.2. The van der Waals surface area contributed by atoms with Crippen LogP contribution in [0.2, 0.25) is 5.02 Å². The van der Waals surface area contributed by atoms with Gasteiger partial charge in [-0.1, -0.05) is 44.0 Å². The highest BCUT2D eigenvalue weighted by molar-refractivity contribution is 7.91. The first kappa shape index (κ1) is 44.2. The summed E-state index contributed by atoms with van der Waals surface area (Å²) in [6.07, 6.45) is 0.404. The Balaban J connectivity index is 1.38. The van der Waals surface area contributed by atoms with Crippen molar-refractivity contribution in [1.82, 2.24) is 25.2 Å². The number of halogens is 4. The molecule has 19 heteroatoms. The summed E-state index contributed by atoms with van der Waals surface area (Å²) in [4.78, 5) is 62.2. The molecule has 4 amide bonds. The molecule has 3 N–H and O–H groups in total. The van der Waals surface area contributed by atoms with Crippen molar-refractivity contribution < 1.29 is 55.0 Å². The first-order chi connectivity index (χ1) is 27.5. The van der Waals surface area contributed by atoms with E-state index < -0.39 is 85.9 Å². The standard InChI is InChI=1S/C40H51ClF3N5O9S/c1-7-23-16-22(2)10-8-9-11-25-20-39(25,35(52)48-59(54,55)38(5)13-14-38)47-32(50)29-18-26(57-33-27-19-28(41)30(56-6)17-24(27)12-15-45-33)21-49(29)34(51)31(23)46-36(53)58-37(3,4)40(42,43)44/h9,11-12,15,17,19,22-23,25-26,29,31H,7-8,10,13-14,16,18,20-21H2,1-6H3,(H,46,53)(H,47,50)(H,48,52)/b11-9-/t22-,23-,25?,26-,29+,31+,39-/m1/s1. The van der Waals surface area contributed by atoms with Gasteiger partial charge in [0.1, 0.15) is 29.5 Å². The fourth-order valence-electron chi connectivity index (χ4n) is 7.82. The minimum Gasteiger partial charge on any atom is -0.495 e. The predicted octanol–water partition coefficient (Wildman–Crippen LogP) is 5.96. The summed E-state index contributed by atoms with van der Waals surface area (Å²) >= 11 is 6.45. The molecule has 3 heterocycles. The third-order valence-electron chi connectivity index (χ3n) is 12.2. The molecule has 1 saturated heterocycles. The number of allylic oxidation sites excluding steroid dienone is 1. The van der Waals surface area contributed by atoms with Gasteiger partial charge >= 0.3 is 12.3 Å². The van der Waals surface area contributed by atoms with Gasteiger partial charge < -0.3 is 29.7 Å². The number of methoxy groups -OCH3 is 1. The Hall–Kier alpha value is -4.32. The molecule has 3 fully saturated rings. The molecule has 14 nitrogen and oxygen atoms in total. The van der Waals surface area contributed by atoms with Gasteiger partial charge in [0, 0.05) is 23.9 Å². The number of aromatic nitrogens is 1. The number of pyridine rings is 1. The first-order valence-corrected chi connectivity index (χ1v) is 21.6. The van der Waals surface area contributed by atoms with Crippen molar-refractivity contribution in [3.05, 3.63) is 41.6 Å². The molecular weight excluding hydrogens is 819 g/mol. The molecule has 0 spiro atoms. The van der Waals surface area contributed by atoms with Crippen LogP contribution in [0, 0.1) is 17.8 Å². The molecule has 7 atom stereocenters. The van der Waals surface area contributed by atoms with Crippen LogP contribution in [0.3, 0.4) is 0 Å². The molecule has 4 aliphatic rings. The van der Waals surface area contributed by atoms with E-state index in [0.717, 1.165) is 0 Å². The van der Waals surface area contributed by atoms with E-state index in [2.05, 4.69) is 20.3 Å². The number of nitrogens with zero attached hydrogens (tertiary/aromatic N) is 2. The lowest BCUT2D eigenvalue weighted by Crippen LogP contribution is -2.60. The second-order valence-corrected chi connectivity index (χ2v) is 19.6. The van der Waals surface area contributed by atoms with E-state index in [1.807, 2.05) is 13.0 Å². The van der Waals surface area contributed by atoms with Gasteiger partial charge in [-0.15, -0.1) is 0 Å². The summed E-state index contributed by atoms with van der Waals surface area (Å²) in [5.74, 6) is -3.14.